The average Bonchev–Trinajstić information content (AvgIpc) is 2.89. The van der Waals surface area contributed by atoms with Crippen molar-refractivity contribution in [3.63, 3.8) is 0 Å². The molecule has 0 radical (unpaired) electrons. The highest BCUT2D eigenvalue weighted by Crippen LogP contribution is 2.35. The monoisotopic (exact) mass is 233 g/mol. The van der Waals surface area contributed by atoms with E-state index in [-0.39, 0.29) is 17.7 Å². The SMILES string of the molecule is C[C@@H]1CN(S(=O)(=O)C2CC2)C[C@H]1C(=O)O. The van der Waals surface area contributed by atoms with Crippen molar-refractivity contribution in [1.29, 1.82) is 0 Å². The van der Waals surface area contributed by atoms with Crippen LogP contribution in [0.4, 0.5) is 0 Å². The van der Waals surface area contributed by atoms with Gasteiger partial charge in [-0.05, 0) is 18.8 Å². The lowest BCUT2D eigenvalue weighted by molar-refractivity contribution is -0.142. The van der Waals surface area contributed by atoms with Crippen LogP contribution in [-0.4, -0.2) is 42.1 Å². The molecule has 1 saturated heterocycles. The Kier molecular flexibility index (Phi) is 2.50. The van der Waals surface area contributed by atoms with Crippen molar-refractivity contribution in [2.45, 2.75) is 25.0 Å². The Morgan fingerprint density at radius 3 is 2.33 bits per heavy atom. The van der Waals surface area contributed by atoms with Crippen LogP contribution in [-0.2, 0) is 14.8 Å². The fourth-order valence-electron chi connectivity index (χ4n) is 2.03. The summed E-state index contributed by atoms with van der Waals surface area (Å²) in [6.07, 6.45) is 1.45. The molecule has 86 valence electrons. The molecule has 2 rings (SSSR count). The van der Waals surface area contributed by atoms with E-state index in [1.54, 1.807) is 6.92 Å². The highest BCUT2D eigenvalue weighted by molar-refractivity contribution is 7.90. The van der Waals surface area contributed by atoms with Crippen LogP contribution in [0, 0.1) is 11.8 Å². The molecule has 6 heteroatoms. The van der Waals surface area contributed by atoms with Gasteiger partial charge in [-0.25, -0.2) is 12.7 Å². The maximum absolute atomic E-state index is 11.8. The van der Waals surface area contributed by atoms with Gasteiger partial charge in [0.1, 0.15) is 0 Å². The van der Waals surface area contributed by atoms with Gasteiger partial charge in [0.05, 0.1) is 11.2 Å². The quantitative estimate of drug-likeness (QED) is 0.752. The topological polar surface area (TPSA) is 74.7 Å². The number of hydrogen-bond acceptors (Lipinski definition) is 3. The standard InChI is InChI=1S/C9H15NO4S/c1-6-4-10(5-8(6)9(11)12)15(13,14)7-2-3-7/h6-8H,2-5H2,1H3,(H,11,12)/t6-,8-/m1/s1. The molecule has 0 amide bonds. The van der Waals surface area contributed by atoms with E-state index in [9.17, 15) is 13.2 Å². The molecule has 0 aromatic carbocycles. The Balaban J connectivity index is 2.11. The van der Waals surface area contributed by atoms with E-state index in [1.807, 2.05) is 0 Å². The lowest BCUT2D eigenvalue weighted by Crippen LogP contribution is -2.32. The van der Waals surface area contributed by atoms with Gasteiger partial charge in [-0.2, -0.15) is 0 Å². The van der Waals surface area contributed by atoms with E-state index in [1.165, 1.54) is 4.31 Å². The minimum Gasteiger partial charge on any atom is -0.481 e. The number of nitrogens with zero attached hydrogens (tertiary/aromatic N) is 1. The Morgan fingerprint density at radius 2 is 1.93 bits per heavy atom. The molecule has 1 aliphatic heterocycles. The number of carboxylic acid groups (broad SMARTS) is 1. The summed E-state index contributed by atoms with van der Waals surface area (Å²) in [7, 11) is -3.19. The van der Waals surface area contributed by atoms with Crippen LogP contribution in [0.3, 0.4) is 0 Å². The molecule has 15 heavy (non-hydrogen) atoms. The first-order valence-corrected chi connectivity index (χ1v) is 6.65. The van der Waals surface area contributed by atoms with E-state index in [2.05, 4.69) is 0 Å². The Morgan fingerprint density at radius 1 is 1.33 bits per heavy atom. The first kappa shape index (κ1) is 10.9. The maximum Gasteiger partial charge on any atom is 0.308 e. The summed E-state index contributed by atoms with van der Waals surface area (Å²) in [5, 5.41) is 8.66. The molecule has 0 spiro atoms. The number of hydrogen-bond donors (Lipinski definition) is 1. The van der Waals surface area contributed by atoms with Crippen LogP contribution in [0.5, 0.6) is 0 Å². The van der Waals surface area contributed by atoms with E-state index in [0.29, 0.717) is 6.54 Å². The van der Waals surface area contributed by atoms with Gasteiger partial charge in [-0.3, -0.25) is 4.79 Å². The van der Waals surface area contributed by atoms with Gasteiger partial charge in [-0.15, -0.1) is 0 Å². The summed E-state index contributed by atoms with van der Waals surface area (Å²) in [6, 6.07) is 0. The molecular weight excluding hydrogens is 218 g/mol. The summed E-state index contributed by atoms with van der Waals surface area (Å²) in [6.45, 7) is 2.30. The van der Waals surface area contributed by atoms with E-state index in [4.69, 9.17) is 5.11 Å². The van der Waals surface area contributed by atoms with Crippen molar-refractivity contribution >= 4 is 16.0 Å². The van der Waals surface area contributed by atoms with Crippen LogP contribution in [0.15, 0.2) is 0 Å². The van der Waals surface area contributed by atoms with Crippen LogP contribution < -0.4 is 0 Å². The third-order valence-electron chi connectivity index (χ3n) is 3.20. The molecule has 2 atom stereocenters. The van der Waals surface area contributed by atoms with Crippen LogP contribution in [0.2, 0.25) is 0 Å². The minimum absolute atomic E-state index is 0.0870. The number of sulfonamides is 1. The molecule has 1 heterocycles. The predicted molar refractivity (Wildman–Crippen MR) is 53.8 cm³/mol. The molecule has 0 aromatic rings. The minimum atomic E-state index is -3.19. The predicted octanol–water partition coefficient (Wildman–Crippen LogP) is 0.131. The molecule has 5 nitrogen and oxygen atoms in total. The summed E-state index contributed by atoms with van der Waals surface area (Å²) >= 11 is 0. The van der Waals surface area contributed by atoms with Gasteiger partial charge in [0.15, 0.2) is 0 Å². The molecule has 0 bridgehead atoms. The van der Waals surface area contributed by atoms with Crippen molar-refractivity contribution < 1.29 is 18.3 Å². The fourth-order valence-corrected chi connectivity index (χ4v) is 3.99. The normalized spacial score (nSPS) is 33.1. The number of carbonyl (C=O) groups is 1. The average molecular weight is 233 g/mol. The molecule has 0 aromatic heterocycles. The van der Waals surface area contributed by atoms with Crippen molar-refractivity contribution in [3.8, 4) is 0 Å². The second kappa shape index (κ2) is 3.45. The molecule has 0 unspecified atom stereocenters. The smallest absolute Gasteiger partial charge is 0.308 e. The second-order valence-electron chi connectivity index (χ2n) is 4.48. The zero-order valence-electron chi connectivity index (χ0n) is 8.59. The third-order valence-corrected chi connectivity index (χ3v) is 5.53. The van der Waals surface area contributed by atoms with Crippen molar-refractivity contribution in [3.05, 3.63) is 0 Å². The third kappa shape index (κ3) is 1.88. The molecule has 1 saturated carbocycles. The van der Waals surface area contributed by atoms with Gasteiger partial charge >= 0.3 is 5.97 Å². The summed E-state index contributed by atoms with van der Waals surface area (Å²) in [4.78, 5) is 10.8. The highest BCUT2D eigenvalue weighted by Gasteiger charge is 2.46. The van der Waals surface area contributed by atoms with Crippen molar-refractivity contribution in [2.24, 2.45) is 11.8 Å². The summed E-state index contributed by atoms with van der Waals surface area (Å²) in [5.74, 6) is -1.52. The van der Waals surface area contributed by atoms with Gasteiger partial charge in [0.25, 0.3) is 0 Å². The van der Waals surface area contributed by atoms with Gasteiger partial charge < -0.3 is 5.11 Å². The fraction of sp³-hybridized carbons (Fsp3) is 0.889. The van der Waals surface area contributed by atoms with Gasteiger partial charge in [0, 0.05) is 13.1 Å². The van der Waals surface area contributed by atoms with Crippen LogP contribution in [0.1, 0.15) is 19.8 Å². The maximum atomic E-state index is 11.8. The number of carboxylic acids is 1. The Labute approximate surface area is 89.1 Å². The zero-order chi connectivity index (χ0) is 11.2. The molecular formula is C9H15NO4S. The van der Waals surface area contributed by atoms with Crippen LogP contribution in [0.25, 0.3) is 0 Å². The largest absolute Gasteiger partial charge is 0.481 e. The van der Waals surface area contributed by atoms with Gasteiger partial charge in [-0.1, -0.05) is 6.92 Å². The zero-order valence-corrected chi connectivity index (χ0v) is 9.40. The lowest BCUT2D eigenvalue weighted by atomic mass is 9.99. The molecule has 1 N–H and O–H groups in total. The summed E-state index contributed by atoms with van der Waals surface area (Å²) < 4.78 is 25.0. The number of aliphatic carboxylic acids is 1. The molecule has 1 aliphatic carbocycles. The second-order valence-corrected chi connectivity index (χ2v) is 6.70. The lowest BCUT2D eigenvalue weighted by Gasteiger charge is -2.14. The first-order chi connectivity index (χ1) is 6.93. The van der Waals surface area contributed by atoms with E-state index >= 15 is 0 Å². The van der Waals surface area contributed by atoms with Gasteiger partial charge in [0.2, 0.25) is 10.0 Å². The highest BCUT2D eigenvalue weighted by atomic mass is 32.2. The van der Waals surface area contributed by atoms with Crippen molar-refractivity contribution in [1.82, 2.24) is 4.31 Å². The summed E-state index contributed by atoms with van der Waals surface area (Å²) in [5.41, 5.74) is 0. The van der Waals surface area contributed by atoms with Crippen LogP contribution >= 0.6 is 0 Å². The van der Waals surface area contributed by atoms with Crippen molar-refractivity contribution in [2.75, 3.05) is 13.1 Å². The van der Waals surface area contributed by atoms with E-state index < -0.39 is 21.9 Å². The van der Waals surface area contributed by atoms with E-state index in [0.717, 1.165) is 12.8 Å². The number of rotatable bonds is 3. The molecule has 2 fully saturated rings. The Bertz CT molecular complexity index is 374. The molecule has 2 aliphatic rings. The first-order valence-electron chi connectivity index (χ1n) is 5.14. The Hall–Kier alpha value is -0.620.